The highest BCUT2D eigenvalue weighted by molar-refractivity contribution is 5.58. The third-order valence-electron chi connectivity index (χ3n) is 2.99. The number of hydrogen-bond acceptors (Lipinski definition) is 7. The van der Waals surface area contributed by atoms with Gasteiger partial charge in [-0.2, -0.15) is 4.98 Å². The van der Waals surface area contributed by atoms with Crippen molar-refractivity contribution in [3.63, 3.8) is 0 Å². The number of nitrogens with zero attached hydrogens (tertiary/aromatic N) is 4. The second kappa shape index (κ2) is 9.06. The van der Waals surface area contributed by atoms with Crippen molar-refractivity contribution < 1.29 is 10.0 Å². The van der Waals surface area contributed by atoms with Gasteiger partial charge in [0.1, 0.15) is 6.20 Å². The number of nitro groups is 1. The van der Waals surface area contributed by atoms with Crippen LogP contribution in [0.1, 0.15) is 32.6 Å². The average Bonchev–Trinajstić information content (AvgIpc) is 2.48. The first-order valence-electron chi connectivity index (χ1n) is 7.17. The second-order valence-electron chi connectivity index (χ2n) is 4.79. The molecular formula is C13H23N5O3. The maximum absolute atomic E-state index is 11.1. The predicted molar refractivity (Wildman–Crippen MR) is 81.7 cm³/mol. The number of anilines is 2. The van der Waals surface area contributed by atoms with Crippen LogP contribution < -0.4 is 10.2 Å². The minimum atomic E-state index is -0.469. The first kappa shape index (κ1) is 17.1. The van der Waals surface area contributed by atoms with Crippen molar-refractivity contribution in [2.24, 2.45) is 0 Å². The fourth-order valence-corrected chi connectivity index (χ4v) is 1.84. The van der Waals surface area contributed by atoms with E-state index in [1.165, 1.54) is 6.20 Å². The fourth-order valence-electron chi connectivity index (χ4n) is 1.84. The van der Waals surface area contributed by atoms with Crippen LogP contribution in [0.3, 0.4) is 0 Å². The summed E-state index contributed by atoms with van der Waals surface area (Å²) in [5.41, 5.74) is -0.0956. The van der Waals surface area contributed by atoms with Gasteiger partial charge in [-0.25, -0.2) is 4.98 Å². The van der Waals surface area contributed by atoms with Crippen molar-refractivity contribution in [1.29, 1.82) is 0 Å². The maximum Gasteiger partial charge on any atom is 0.329 e. The van der Waals surface area contributed by atoms with Crippen molar-refractivity contribution in [3.05, 3.63) is 16.3 Å². The molecule has 0 radical (unpaired) electrons. The van der Waals surface area contributed by atoms with Crippen LogP contribution in [0, 0.1) is 10.1 Å². The van der Waals surface area contributed by atoms with E-state index in [4.69, 9.17) is 5.11 Å². The van der Waals surface area contributed by atoms with E-state index >= 15 is 0 Å². The Morgan fingerprint density at radius 3 is 2.81 bits per heavy atom. The van der Waals surface area contributed by atoms with Crippen molar-refractivity contribution in [2.75, 3.05) is 37.0 Å². The molecule has 0 aliphatic heterocycles. The van der Waals surface area contributed by atoms with Crippen molar-refractivity contribution >= 4 is 17.5 Å². The first-order valence-corrected chi connectivity index (χ1v) is 7.17. The highest BCUT2D eigenvalue weighted by Gasteiger charge is 2.20. The molecule has 1 rings (SSSR count). The minimum absolute atomic E-state index is 0.0956. The lowest BCUT2D eigenvalue weighted by molar-refractivity contribution is -0.384. The topological polar surface area (TPSA) is 104 Å². The van der Waals surface area contributed by atoms with Gasteiger partial charge < -0.3 is 15.3 Å². The Kier molecular flexibility index (Phi) is 7.38. The Hall–Kier alpha value is -1.96. The molecule has 0 fully saturated rings. The molecule has 0 atom stereocenters. The predicted octanol–water partition coefficient (Wildman–Crippen LogP) is 1.81. The van der Waals surface area contributed by atoms with Crippen LogP contribution in [0.15, 0.2) is 6.20 Å². The highest BCUT2D eigenvalue weighted by Crippen LogP contribution is 2.25. The molecule has 118 valence electrons. The molecule has 8 nitrogen and oxygen atoms in total. The Bertz CT molecular complexity index is 455. The zero-order valence-corrected chi connectivity index (χ0v) is 12.6. The number of aliphatic hydroxyl groups excluding tert-OH is 1. The van der Waals surface area contributed by atoms with Crippen LogP contribution in [-0.2, 0) is 0 Å². The summed E-state index contributed by atoms with van der Waals surface area (Å²) < 4.78 is 0. The summed E-state index contributed by atoms with van der Waals surface area (Å²) in [5.74, 6) is 0.720. The lowest BCUT2D eigenvalue weighted by atomic mass is 10.2. The quantitative estimate of drug-likeness (QED) is 0.385. The summed E-state index contributed by atoms with van der Waals surface area (Å²) in [6.07, 6.45) is 4.62. The summed E-state index contributed by atoms with van der Waals surface area (Å²) in [6, 6.07) is 0. The van der Waals surface area contributed by atoms with Gasteiger partial charge in [0.15, 0.2) is 0 Å². The Morgan fingerprint density at radius 2 is 2.19 bits per heavy atom. The lowest BCUT2D eigenvalue weighted by Gasteiger charge is -2.18. The van der Waals surface area contributed by atoms with Crippen LogP contribution in [0.2, 0.25) is 0 Å². The molecule has 8 heteroatoms. The van der Waals surface area contributed by atoms with Gasteiger partial charge in [-0.15, -0.1) is 0 Å². The molecule has 0 saturated carbocycles. The van der Waals surface area contributed by atoms with Gasteiger partial charge in [0.25, 0.3) is 0 Å². The van der Waals surface area contributed by atoms with Crippen LogP contribution in [0.25, 0.3) is 0 Å². The van der Waals surface area contributed by atoms with E-state index in [0.717, 1.165) is 32.2 Å². The molecule has 0 amide bonds. The number of hydrogen-bond donors (Lipinski definition) is 2. The van der Waals surface area contributed by atoms with E-state index in [2.05, 4.69) is 15.3 Å². The molecule has 2 N–H and O–H groups in total. The normalized spacial score (nSPS) is 10.4. The van der Waals surface area contributed by atoms with Crippen LogP contribution in [0.5, 0.6) is 0 Å². The summed E-state index contributed by atoms with van der Waals surface area (Å²) >= 11 is 0. The van der Waals surface area contributed by atoms with Gasteiger partial charge in [0, 0.05) is 26.7 Å². The standard InChI is InChI=1S/C13H23N5O3/c1-3-7-14-13-15-10-11(18(20)21)12(16-13)17(2)8-5-4-6-9-19/h10,19H,3-9H2,1-2H3,(H,14,15,16). The van der Waals surface area contributed by atoms with Gasteiger partial charge in [-0.05, 0) is 25.7 Å². The third-order valence-corrected chi connectivity index (χ3v) is 2.99. The second-order valence-corrected chi connectivity index (χ2v) is 4.79. The molecule has 0 aliphatic carbocycles. The summed E-state index contributed by atoms with van der Waals surface area (Å²) in [7, 11) is 1.78. The molecule has 0 bridgehead atoms. The van der Waals surface area contributed by atoms with E-state index < -0.39 is 4.92 Å². The largest absolute Gasteiger partial charge is 0.396 e. The number of aromatic nitrogens is 2. The van der Waals surface area contributed by atoms with E-state index in [-0.39, 0.29) is 12.3 Å². The van der Waals surface area contributed by atoms with E-state index in [9.17, 15) is 10.1 Å². The van der Waals surface area contributed by atoms with Crippen LogP contribution in [0.4, 0.5) is 17.5 Å². The molecule has 0 unspecified atom stereocenters. The van der Waals surface area contributed by atoms with Gasteiger partial charge in [0.05, 0.1) is 4.92 Å². The molecular weight excluding hydrogens is 274 g/mol. The number of aliphatic hydroxyl groups is 1. The van der Waals surface area contributed by atoms with Gasteiger partial charge in [-0.3, -0.25) is 10.1 Å². The molecule has 1 aromatic heterocycles. The molecule has 1 aromatic rings. The van der Waals surface area contributed by atoms with Crippen molar-refractivity contribution in [3.8, 4) is 0 Å². The van der Waals surface area contributed by atoms with E-state index in [1.807, 2.05) is 6.92 Å². The van der Waals surface area contributed by atoms with Gasteiger partial charge in [0.2, 0.25) is 11.8 Å². The number of nitrogens with one attached hydrogen (secondary N) is 1. The van der Waals surface area contributed by atoms with Crippen LogP contribution >= 0.6 is 0 Å². The third kappa shape index (κ3) is 5.50. The fraction of sp³-hybridized carbons (Fsp3) is 0.692. The Labute approximate surface area is 124 Å². The molecule has 0 aliphatic rings. The molecule has 0 aromatic carbocycles. The Morgan fingerprint density at radius 1 is 1.43 bits per heavy atom. The molecule has 21 heavy (non-hydrogen) atoms. The zero-order chi connectivity index (χ0) is 15.7. The highest BCUT2D eigenvalue weighted by atomic mass is 16.6. The molecule has 1 heterocycles. The Balaban J connectivity index is 2.81. The van der Waals surface area contributed by atoms with Crippen LogP contribution in [-0.4, -0.2) is 46.7 Å². The molecule has 0 spiro atoms. The lowest BCUT2D eigenvalue weighted by Crippen LogP contribution is -2.22. The maximum atomic E-state index is 11.1. The smallest absolute Gasteiger partial charge is 0.329 e. The van der Waals surface area contributed by atoms with Gasteiger partial charge in [-0.1, -0.05) is 6.92 Å². The SMILES string of the molecule is CCCNc1ncc([N+](=O)[O-])c(N(C)CCCCCO)n1. The van der Waals surface area contributed by atoms with Crippen molar-refractivity contribution in [1.82, 2.24) is 9.97 Å². The van der Waals surface area contributed by atoms with E-state index in [0.29, 0.717) is 18.3 Å². The van der Waals surface area contributed by atoms with Gasteiger partial charge >= 0.3 is 5.69 Å². The average molecular weight is 297 g/mol. The first-order chi connectivity index (χ1) is 10.1. The summed E-state index contributed by atoms with van der Waals surface area (Å²) in [6.45, 7) is 3.55. The number of unbranched alkanes of at least 4 members (excludes halogenated alkanes) is 2. The summed E-state index contributed by atoms with van der Waals surface area (Å²) in [5, 5.41) is 22.9. The monoisotopic (exact) mass is 297 g/mol. The molecule has 0 saturated heterocycles. The summed E-state index contributed by atoms with van der Waals surface area (Å²) in [4.78, 5) is 20.6. The number of rotatable bonds is 10. The van der Waals surface area contributed by atoms with E-state index in [1.54, 1.807) is 11.9 Å². The zero-order valence-electron chi connectivity index (χ0n) is 12.6. The van der Waals surface area contributed by atoms with Crippen molar-refractivity contribution in [2.45, 2.75) is 32.6 Å². The minimum Gasteiger partial charge on any atom is -0.396 e.